The molecule has 0 atom stereocenters. The molecule has 158 valence electrons. The molecule has 0 aliphatic rings. The second kappa shape index (κ2) is 17.1. The van der Waals surface area contributed by atoms with Gasteiger partial charge in [0.2, 0.25) is 0 Å². The number of aryl methyl sites for hydroxylation is 1. The van der Waals surface area contributed by atoms with Crippen molar-refractivity contribution < 1.29 is 0 Å². The van der Waals surface area contributed by atoms with Crippen LogP contribution in [0.3, 0.4) is 0 Å². The van der Waals surface area contributed by atoms with Gasteiger partial charge >= 0.3 is 5.69 Å². The average Bonchev–Trinajstić information content (AvgIpc) is 3.02. The van der Waals surface area contributed by atoms with Crippen molar-refractivity contribution in [1.82, 2.24) is 14.8 Å². The van der Waals surface area contributed by atoms with Crippen molar-refractivity contribution in [2.75, 3.05) is 0 Å². The molecule has 0 saturated heterocycles. The van der Waals surface area contributed by atoms with Crippen LogP contribution in [-0.4, -0.2) is 14.8 Å². The molecule has 0 radical (unpaired) electrons. The normalized spacial score (nSPS) is 11.3. The maximum Gasteiger partial charge on any atom is 0.343 e. The van der Waals surface area contributed by atoms with Crippen LogP contribution in [0.5, 0.6) is 0 Å². The molecule has 27 heavy (non-hydrogen) atoms. The quantitative estimate of drug-likeness (QED) is 0.269. The van der Waals surface area contributed by atoms with E-state index in [1.54, 1.807) is 0 Å². The van der Waals surface area contributed by atoms with Gasteiger partial charge in [-0.25, -0.2) is 9.89 Å². The SMILES string of the molecule is CCCCCCCCCCCCCCCCCc1n[nH]c(=O)n1CCCC. The second-order valence-electron chi connectivity index (χ2n) is 8.15. The van der Waals surface area contributed by atoms with Crippen molar-refractivity contribution >= 4 is 0 Å². The minimum Gasteiger partial charge on any atom is -0.279 e. The van der Waals surface area contributed by atoms with E-state index >= 15 is 0 Å². The van der Waals surface area contributed by atoms with Crippen LogP contribution in [0.1, 0.15) is 129 Å². The first-order chi connectivity index (χ1) is 13.3. The standard InChI is InChI=1S/C23H45N3O/c1-3-5-7-8-9-10-11-12-13-14-15-16-17-18-19-20-22-24-25-23(27)26(22)21-6-4-2/h3-21H2,1-2H3,(H,25,27). The summed E-state index contributed by atoms with van der Waals surface area (Å²) in [6, 6.07) is 0. The number of unbranched alkanes of at least 4 members (excludes halogenated alkanes) is 15. The average molecular weight is 380 g/mol. The van der Waals surface area contributed by atoms with E-state index < -0.39 is 0 Å². The van der Waals surface area contributed by atoms with Crippen molar-refractivity contribution in [3.05, 3.63) is 16.3 Å². The van der Waals surface area contributed by atoms with E-state index in [0.717, 1.165) is 38.1 Å². The van der Waals surface area contributed by atoms with Crippen molar-refractivity contribution in [3.63, 3.8) is 0 Å². The van der Waals surface area contributed by atoms with Gasteiger partial charge in [-0.05, 0) is 12.8 Å². The maximum absolute atomic E-state index is 11.8. The molecule has 1 aromatic rings. The number of nitrogens with one attached hydrogen (secondary N) is 1. The molecule has 1 rings (SSSR count). The highest BCUT2D eigenvalue weighted by molar-refractivity contribution is 4.86. The first-order valence-corrected chi connectivity index (χ1v) is 11.9. The number of hydrogen-bond acceptors (Lipinski definition) is 2. The summed E-state index contributed by atoms with van der Waals surface area (Å²) in [5.74, 6) is 0.947. The minimum atomic E-state index is -0.0422. The zero-order chi connectivity index (χ0) is 19.6. The molecule has 0 aliphatic carbocycles. The molecule has 0 aromatic carbocycles. The molecule has 1 aromatic heterocycles. The zero-order valence-electron chi connectivity index (χ0n) is 18.2. The van der Waals surface area contributed by atoms with Crippen molar-refractivity contribution in [3.8, 4) is 0 Å². The molecule has 0 bridgehead atoms. The highest BCUT2D eigenvalue weighted by Gasteiger charge is 2.07. The van der Waals surface area contributed by atoms with Gasteiger partial charge in [-0.1, -0.05) is 110 Å². The van der Waals surface area contributed by atoms with Crippen LogP contribution >= 0.6 is 0 Å². The Labute approximate surface area is 167 Å². The van der Waals surface area contributed by atoms with E-state index in [9.17, 15) is 4.79 Å². The molecule has 4 nitrogen and oxygen atoms in total. The lowest BCUT2D eigenvalue weighted by molar-refractivity contribution is 0.527. The van der Waals surface area contributed by atoms with Gasteiger partial charge in [-0.2, -0.15) is 5.10 Å². The predicted molar refractivity (Wildman–Crippen MR) is 116 cm³/mol. The molecule has 0 amide bonds. The number of H-pyrrole nitrogens is 1. The second-order valence-corrected chi connectivity index (χ2v) is 8.15. The Hall–Kier alpha value is -1.06. The molecular formula is C23H45N3O. The molecule has 0 spiro atoms. The Morgan fingerprint density at radius 3 is 1.59 bits per heavy atom. The number of aromatic amines is 1. The van der Waals surface area contributed by atoms with E-state index in [1.165, 1.54) is 89.9 Å². The van der Waals surface area contributed by atoms with Crippen LogP contribution < -0.4 is 5.69 Å². The lowest BCUT2D eigenvalue weighted by atomic mass is 10.0. The fourth-order valence-corrected chi connectivity index (χ4v) is 3.74. The van der Waals surface area contributed by atoms with Gasteiger partial charge in [0.1, 0.15) is 5.82 Å². The molecule has 0 unspecified atom stereocenters. The Bertz CT molecular complexity index is 492. The summed E-state index contributed by atoms with van der Waals surface area (Å²) >= 11 is 0. The Morgan fingerprint density at radius 2 is 1.11 bits per heavy atom. The van der Waals surface area contributed by atoms with Crippen LogP contribution in [0.15, 0.2) is 4.79 Å². The van der Waals surface area contributed by atoms with Crippen molar-refractivity contribution in [2.24, 2.45) is 0 Å². The van der Waals surface area contributed by atoms with Crippen LogP contribution in [-0.2, 0) is 13.0 Å². The van der Waals surface area contributed by atoms with Crippen LogP contribution in [0.2, 0.25) is 0 Å². The van der Waals surface area contributed by atoms with E-state index in [0.29, 0.717) is 0 Å². The van der Waals surface area contributed by atoms with Gasteiger partial charge in [-0.3, -0.25) is 4.57 Å². The van der Waals surface area contributed by atoms with Gasteiger partial charge < -0.3 is 0 Å². The topological polar surface area (TPSA) is 50.7 Å². The third-order valence-electron chi connectivity index (χ3n) is 5.58. The van der Waals surface area contributed by atoms with E-state index in [4.69, 9.17) is 0 Å². The first-order valence-electron chi connectivity index (χ1n) is 11.9. The van der Waals surface area contributed by atoms with Crippen LogP contribution in [0, 0.1) is 0 Å². The number of rotatable bonds is 19. The smallest absolute Gasteiger partial charge is 0.279 e. The van der Waals surface area contributed by atoms with Gasteiger partial charge in [0.15, 0.2) is 0 Å². The third kappa shape index (κ3) is 12.1. The van der Waals surface area contributed by atoms with Gasteiger partial charge in [-0.15, -0.1) is 0 Å². The predicted octanol–water partition coefficient (Wildman–Crippen LogP) is 6.79. The molecule has 0 aliphatic heterocycles. The highest BCUT2D eigenvalue weighted by atomic mass is 16.1. The van der Waals surface area contributed by atoms with Crippen LogP contribution in [0.25, 0.3) is 0 Å². The zero-order valence-corrected chi connectivity index (χ0v) is 18.2. The summed E-state index contributed by atoms with van der Waals surface area (Å²) in [7, 11) is 0. The fraction of sp³-hybridized carbons (Fsp3) is 0.913. The lowest BCUT2D eigenvalue weighted by Gasteiger charge is -2.05. The summed E-state index contributed by atoms with van der Waals surface area (Å²) < 4.78 is 1.83. The molecule has 1 N–H and O–H groups in total. The highest BCUT2D eigenvalue weighted by Crippen LogP contribution is 2.13. The summed E-state index contributed by atoms with van der Waals surface area (Å²) in [4.78, 5) is 11.8. The number of aromatic nitrogens is 3. The maximum atomic E-state index is 11.8. The number of nitrogens with zero attached hydrogens (tertiary/aromatic N) is 2. The summed E-state index contributed by atoms with van der Waals surface area (Å²) in [5, 5.41) is 6.80. The Kier molecular flexibility index (Phi) is 15.2. The summed E-state index contributed by atoms with van der Waals surface area (Å²) in [6.07, 6.45) is 23.8. The van der Waals surface area contributed by atoms with Crippen molar-refractivity contribution in [1.29, 1.82) is 0 Å². The molecule has 0 fully saturated rings. The Morgan fingerprint density at radius 1 is 0.667 bits per heavy atom. The van der Waals surface area contributed by atoms with Gasteiger partial charge in [0.05, 0.1) is 0 Å². The molecule has 1 heterocycles. The molecule has 4 heteroatoms. The number of hydrogen-bond donors (Lipinski definition) is 1. The van der Waals surface area contributed by atoms with Gasteiger partial charge in [0.25, 0.3) is 0 Å². The molecule has 0 saturated carbocycles. The molecular weight excluding hydrogens is 334 g/mol. The minimum absolute atomic E-state index is 0.0422. The lowest BCUT2D eigenvalue weighted by Crippen LogP contribution is -2.19. The van der Waals surface area contributed by atoms with Gasteiger partial charge in [0, 0.05) is 13.0 Å². The fourth-order valence-electron chi connectivity index (χ4n) is 3.74. The van der Waals surface area contributed by atoms with E-state index in [1.807, 2.05) is 4.57 Å². The monoisotopic (exact) mass is 379 g/mol. The first kappa shape index (κ1) is 24.0. The largest absolute Gasteiger partial charge is 0.343 e. The van der Waals surface area contributed by atoms with Crippen LogP contribution in [0.4, 0.5) is 0 Å². The Balaban J connectivity index is 1.89. The van der Waals surface area contributed by atoms with E-state index in [-0.39, 0.29) is 5.69 Å². The van der Waals surface area contributed by atoms with E-state index in [2.05, 4.69) is 24.0 Å². The van der Waals surface area contributed by atoms with Crippen molar-refractivity contribution in [2.45, 2.75) is 136 Å². The third-order valence-corrected chi connectivity index (χ3v) is 5.58. The summed E-state index contributed by atoms with van der Waals surface area (Å²) in [6.45, 7) is 5.24. The summed E-state index contributed by atoms with van der Waals surface area (Å²) in [5.41, 5.74) is -0.0422.